The predicted molar refractivity (Wildman–Crippen MR) is 125 cm³/mol. The van der Waals surface area contributed by atoms with Crippen molar-refractivity contribution >= 4 is 23.2 Å². The van der Waals surface area contributed by atoms with Gasteiger partial charge in [0.1, 0.15) is 11.5 Å². The average molecular weight is 434 g/mol. The molecule has 1 unspecified atom stereocenters. The van der Waals surface area contributed by atoms with Crippen LogP contribution in [0.4, 0.5) is 11.4 Å². The summed E-state index contributed by atoms with van der Waals surface area (Å²) in [6, 6.07) is 21.7. The Bertz CT molecular complexity index is 1070. The zero-order chi connectivity index (χ0) is 22.9. The summed E-state index contributed by atoms with van der Waals surface area (Å²) in [6.45, 7) is 1.95. The Morgan fingerprint density at radius 2 is 1.69 bits per heavy atom. The van der Waals surface area contributed by atoms with E-state index in [2.05, 4.69) is 16.0 Å². The van der Waals surface area contributed by atoms with E-state index in [1.165, 1.54) is 0 Å². The van der Waals surface area contributed by atoms with Crippen molar-refractivity contribution in [1.82, 2.24) is 5.32 Å². The lowest BCUT2D eigenvalue weighted by Gasteiger charge is -2.15. The van der Waals surface area contributed by atoms with Gasteiger partial charge in [0.15, 0.2) is 0 Å². The number of nitrogens with one attached hydrogen (secondary N) is 3. The van der Waals surface area contributed by atoms with Crippen molar-refractivity contribution in [2.45, 2.75) is 13.0 Å². The standard InChI is InChI=1S/C25H27N3O4/c1-17(18-8-5-4-6-9-18)27-25(30)19-10-7-11-20(14-19)28-24(29)16-26-22-15-21(31-2)12-13-23(22)32-3/h4-15,17,26H,16H2,1-3H3,(H,27,30)(H,28,29). The summed E-state index contributed by atoms with van der Waals surface area (Å²) in [5.41, 5.74) is 2.66. The Morgan fingerprint density at radius 1 is 0.906 bits per heavy atom. The van der Waals surface area contributed by atoms with Gasteiger partial charge in [0, 0.05) is 17.3 Å². The van der Waals surface area contributed by atoms with Gasteiger partial charge in [-0.3, -0.25) is 9.59 Å². The SMILES string of the molecule is COc1ccc(OC)c(NCC(=O)Nc2cccc(C(=O)NC(C)c3ccccc3)c2)c1. The lowest BCUT2D eigenvalue weighted by atomic mass is 10.1. The van der Waals surface area contributed by atoms with E-state index >= 15 is 0 Å². The van der Waals surface area contributed by atoms with E-state index < -0.39 is 0 Å². The lowest BCUT2D eigenvalue weighted by Crippen LogP contribution is -2.27. The van der Waals surface area contributed by atoms with E-state index in [9.17, 15) is 9.59 Å². The van der Waals surface area contributed by atoms with Gasteiger partial charge >= 0.3 is 0 Å². The van der Waals surface area contributed by atoms with E-state index in [1.54, 1.807) is 56.7 Å². The second kappa shape index (κ2) is 10.9. The molecule has 3 N–H and O–H groups in total. The van der Waals surface area contributed by atoms with Crippen molar-refractivity contribution in [3.05, 3.63) is 83.9 Å². The van der Waals surface area contributed by atoms with E-state index in [1.807, 2.05) is 37.3 Å². The third-order valence-corrected chi connectivity index (χ3v) is 4.90. The highest BCUT2D eigenvalue weighted by atomic mass is 16.5. The molecule has 2 amide bonds. The van der Waals surface area contributed by atoms with Gasteiger partial charge in [-0.15, -0.1) is 0 Å². The molecule has 7 nitrogen and oxygen atoms in total. The summed E-state index contributed by atoms with van der Waals surface area (Å²) < 4.78 is 10.5. The third-order valence-electron chi connectivity index (χ3n) is 4.90. The summed E-state index contributed by atoms with van der Waals surface area (Å²) in [4.78, 5) is 25.1. The molecule has 0 fully saturated rings. The van der Waals surface area contributed by atoms with Crippen LogP contribution in [-0.4, -0.2) is 32.6 Å². The molecular formula is C25H27N3O4. The number of amides is 2. The van der Waals surface area contributed by atoms with Crippen molar-refractivity contribution in [2.24, 2.45) is 0 Å². The quantitative estimate of drug-likeness (QED) is 0.470. The first-order valence-electron chi connectivity index (χ1n) is 10.2. The van der Waals surface area contributed by atoms with Crippen LogP contribution in [0.1, 0.15) is 28.9 Å². The summed E-state index contributed by atoms with van der Waals surface area (Å²) in [5, 5.41) is 8.82. The summed E-state index contributed by atoms with van der Waals surface area (Å²) in [7, 11) is 3.13. The first-order valence-corrected chi connectivity index (χ1v) is 10.2. The minimum atomic E-state index is -0.259. The second-order valence-electron chi connectivity index (χ2n) is 7.15. The number of benzene rings is 3. The maximum Gasteiger partial charge on any atom is 0.251 e. The van der Waals surface area contributed by atoms with Crippen molar-refractivity contribution in [3.8, 4) is 11.5 Å². The first-order chi connectivity index (χ1) is 15.5. The zero-order valence-corrected chi connectivity index (χ0v) is 18.3. The van der Waals surface area contributed by atoms with Gasteiger partial charge in [-0.1, -0.05) is 36.4 Å². The maximum atomic E-state index is 12.6. The zero-order valence-electron chi connectivity index (χ0n) is 18.3. The van der Waals surface area contributed by atoms with Crippen molar-refractivity contribution in [3.63, 3.8) is 0 Å². The van der Waals surface area contributed by atoms with E-state index in [0.29, 0.717) is 28.4 Å². The number of ether oxygens (including phenoxy) is 2. The molecule has 0 aliphatic rings. The Labute approximate surface area is 187 Å². The molecule has 32 heavy (non-hydrogen) atoms. The Morgan fingerprint density at radius 3 is 2.41 bits per heavy atom. The highest BCUT2D eigenvalue weighted by Crippen LogP contribution is 2.28. The van der Waals surface area contributed by atoms with Crippen LogP contribution in [0.15, 0.2) is 72.8 Å². The number of carbonyl (C=O) groups is 2. The van der Waals surface area contributed by atoms with Crippen LogP contribution in [-0.2, 0) is 4.79 Å². The largest absolute Gasteiger partial charge is 0.497 e. The van der Waals surface area contributed by atoms with Crippen LogP contribution in [0.25, 0.3) is 0 Å². The minimum Gasteiger partial charge on any atom is -0.497 e. The average Bonchev–Trinajstić information content (AvgIpc) is 2.83. The number of carbonyl (C=O) groups excluding carboxylic acids is 2. The smallest absolute Gasteiger partial charge is 0.251 e. The number of methoxy groups -OCH3 is 2. The van der Waals surface area contributed by atoms with Crippen LogP contribution in [0, 0.1) is 0 Å². The summed E-state index contributed by atoms with van der Waals surface area (Å²) in [6.07, 6.45) is 0. The van der Waals surface area contributed by atoms with Crippen LogP contribution in [0.5, 0.6) is 11.5 Å². The van der Waals surface area contributed by atoms with E-state index in [-0.39, 0.29) is 24.4 Å². The molecular weight excluding hydrogens is 406 g/mol. The number of anilines is 2. The van der Waals surface area contributed by atoms with Gasteiger partial charge in [0.05, 0.1) is 32.5 Å². The number of hydrogen-bond donors (Lipinski definition) is 3. The molecule has 7 heteroatoms. The molecule has 0 heterocycles. The fourth-order valence-corrected chi connectivity index (χ4v) is 3.18. The molecule has 0 aliphatic carbocycles. The molecule has 1 atom stereocenters. The first kappa shape index (κ1) is 22.7. The molecule has 3 aromatic rings. The highest BCUT2D eigenvalue weighted by Gasteiger charge is 2.13. The minimum absolute atomic E-state index is 0.0188. The molecule has 0 aliphatic heterocycles. The fourth-order valence-electron chi connectivity index (χ4n) is 3.18. The van der Waals surface area contributed by atoms with E-state index in [0.717, 1.165) is 5.56 Å². The molecule has 0 saturated carbocycles. The Balaban J connectivity index is 1.59. The van der Waals surface area contributed by atoms with Crippen LogP contribution < -0.4 is 25.4 Å². The highest BCUT2D eigenvalue weighted by molar-refractivity contribution is 5.98. The lowest BCUT2D eigenvalue weighted by molar-refractivity contribution is -0.114. The van der Waals surface area contributed by atoms with Gasteiger partial charge in [-0.25, -0.2) is 0 Å². The molecule has 3 aromatic carbocycles. The van der Waals surface area contributed by atoms with Crippen molar-refractivity contribution in [1.29, 1.82) is 0 Å². The van der Waals surface area contributed by atoms with Gasteiger partial charge in [0.25, 0.3) is 5.91 Å². The molecule has 0 saturated heterocycles. The fraction of sp³-hybridized carbons (Fsp3) is 0.200. The Kier molecular flexibility index (Phi) is 7.70. The third kappa shape index (κ3) is 6.01. The van der Waals surface area contributed by atoms with Gasteiger partial charge in [0.2, 0.25) is 5.91 Å². The molecule has 0 aromatic heterocycles. The van der Waals surface area contributed by atoms with Gasteiger partial charge < -0.3 is 25.4 Å². The van der Waals surface area contributed by atoms with Crippen LogP contribution in [0.2, 0.25) is 0 Å². The van der Waals surface area contributed by atoms with Crippen molar-refractivity contribution < 1.29 is 19.1 Å². The summed E-state index contributed by atoms with van der Waals surface area (Å²) in [5.74, 6) is 0.781. The molecule has 166 valence electrons. The number of hydrogen-bond acceptors (Lipinski definition) is 5. The molecule has 3 rings (SSSR count). The van der Waals surface area contributed by atoms with Crippen LogP contribution >= 0.6 is 0 Å². The molecule has 0 bridgehead atoms. The Hall–Kier alpha value is -4.00. The topological polar surface area (TPSA) is 88.7 Å². The van der Waals surface area contributed by atoms with Gasteiger partial charge in [-0.05, 0) is 42.8 Å². The second-order valence-corrected chi connectivity index (χ2v) is 7.15. The van der Waals surface area contributed by atoms with Crippen LogP contribution in [0.3, 0.4) is 0 Å². The van der Waals surface area contributed by atoms with E-state index in [4.69, 9.17) is 9.47 Å². The summed E-state index contributed by atoms with van der Waals surface area (Å²) >= 11 is 0. The molecule has 0 radical (unpaired) electrons. The van der Waals surface area contributed by atoms with Crippen molar-refractivity contribution in [2.75, 3.05) is 31.4 Å². The number of rotatable bonds is 9. The molecule has 0 spiro atoms. The van der Waals surface area contributed by atoms with Gasteiger partial charge in [-0.2, -0.15) is 0 Å². The monoisotopic (exact) mass is 433 g/mol. The predicted octanol–water partition coefficient (Wildman–Crippen LogP) is 4.25. The normalized spacial score (nSPS) is 11.2. The maximum absolute atomic E-state index is 12.6.